The van der Waals surface area contributed by atoms with Crippen molar-refractivity contribution < 1.29 is 38.6 Å². The van der Waals surface area contributed by atoms with Gasteiger partial charge in [-0.3, -0.25) is 19.5 Å². The van der Waals surface area contributed by atoms with E-state index in [1.54, 1.807) is 0 Å². The molecule has 128 valence electrons. The Hall–Kier alpha value is -2.04. The van der Waals surface area contributed by atoms with Crippen LogP contribution in [-0.4, -0.2) is 45.1 Å². The van der Waals surface area contributed by atoms with Gasteiger partial charge in [0.05, 0.1) is 12.0 Å². The molecule has 0 saturated carbocycles. The molecule has 1 aromatic rings. The number of nitro groups is 1. The van der Waals surface area contributed by atoms with E-state index in [9.17, 15) is 34.4 Å². The van der Waals surface area contributed by atoms with Gasteiger partial charge >= 0.3 is 19.2 Å². The average molecular weight is 350 g/mol. The summed E-state index contributed by atoms with van der Waals surface area (Å²) in [5.74, 6) is -1.16. The van der Waals surface area contributed by atoms with Crippen LogP contribution < -0.4 is 10.1 Å². The van der Waals surface area contributed by atoms with Crippen LogP contribution in [0.4, 0.5) is 5.69 Å². The summed E-state index contributed by atoms with van der Waals surface area (Å²) in [7, 11) is -4.24. The summed E-state index contributed by atoms with van der Waals surface area (Å²) in [4.78, 5) is 39.5. The predicted molar refractivity (Wildman–Crippen MR) is 75.5 cm³/mol. The van der Waals surface area contributed by atoms with Crippen LogP contribution in [-0.2, 0) is 14.1 Å². The van der Waals surface area contributed by atoms with E-state index in [-0.39, 0.29) is 17.0 Å². The predicted octanol–water partition coefficient (Wildman–Crippen LogP) is -0.174. The van der Waals surface area contributed by atoms with Crippen LogP contribution in [0.2, 0.25) is 0 Å². The van der Waals surface area contributed by atoms with Gasteiger partial charge in [-0.1, -0.05) is 0 Å². The zero-order chi connectivity index (χ0) is 17.8. The van der Waals surface area contributed by atoms with Crippen molar-refractivity contribution in [3.05, 3.63) is 33.9 Å². The van der Waals surface area contributed by atoms with Crippen LogP contribution in [0, 0.1) is 17.0 Å². The molecule has 1 aromatic carbocycles. The minimum absolute atomic E-state index is 0.147. The minimum Gasteiger partial charge on any atom is -0.468 e. The van der Waals surface area contributed by atoms with E-state index in [2.05, 4.69) is 4.74 Å². The van der Waals surface area contributed by atoms with Crippen molar-refractivity contribution in [1.82, 2.24) is 5.32 Å². The topological polar surface area (TPSA) is 168 Å². The molecule has 0 bridgehead atoms. The van der Waals surface area contributed by atoms with Crippen molar-refractivity contribution in [3.8, 4) is 5.75 Å². The monoisotopic (exact) mass is 350 g/mol. The Morgan fingerprint density at radius 2 is 2.09 bits per heavy atom. The Balaban J connectivity index is 3.07. The second kappa shape index (κ2) is 7.02. The van der Waals surface area contributed by atoms with Gasteiger partial charge in [-0.25, -0.2) is 5.32 Å². The Morgan fingerprint density at radius 1 is 1.48 bits per heavy atom. The van der Waals surface area contributed by atoms with Crippen molar-refractivity contribution in [2.24, 2.45) is 0 Å². The fourth-order valence-electron chi connectivity index (χ4n) is 1.52. The number of aryl methyl sites for hydroxylation is 1. The standard InChI is InChI=1S/C11H15N2O9P/c1-7-5-8(3-4-9(7)13(16)17)22-11(15,23(18,19)20)12-6-10(14)21-2/h3-5,12,15H,6H2,1-2H3,(H2,18,19,20). The van der Waals surface area contributed by atoms with Crippen LogP contribution in [0.3, 0.4) is 0 Å². The molecule has 0 heterocycles. The van der Waals surface area contributed by atoms with E-state index in [1.807, 2.05) is 5.32 Å². The molecule has 0 aliphatic heterocycles. The first-order valence-electron chi connectivity index (χ1n) is 6.04. The maximum absolute atomic E-state index is 11.4. The summed E-state index contributed by atoms with van der Waals surface area (Å²) in [5, 5.41) is 22.5. The SMILES string of the molecule is COC(=O)CNC(O)(Oc1ccc([N+](=O)[O-])c(C)c1)P(=O)(O)O. The number of hydrogen-bond acceptors (Lipinski definition) is 8. The quantitative estimate of drug-likeness (QED) is 0.170. The first-order chi connectivity index (χ1) is 10.5. The molecular weight excluding hydrogens is 335 g/mol. The Labute approximate surface area is 130 Å². The van der Waals surface area contributed by atoms with E-state index < -0.39 is 30.7 Å². The highest BCUT2D eigenvalue weighted by atomic mass is 31.2. The molecule has 0 fully saturated rings. The Morgan fingerprint density at radius 3 is 2.52 bits per heavy atom. The number of nitrogens with zero attached hydrogens (tertiary/aromatic N) is 1. The number of hydrogen-bond donors (Lipinski definition) is 4. The van der Waals surface area contributed by atoms with Gasteiger partial charge < -0.3 is 24.4 Å². The summed E-state index contributed by atoms with van der Waals surface area (Å²) in [6.45, 7) is 0.632. The number of methoxy groups -OCH3 is 1. The second-order valence-electron chi connectivity index (χ2n) is 4.39. The number of nitrogens with one attached hydrogen (secondary N) is 1. The zero-order valence-electron chi connectivity index (χ0n) is 12.1. The highest BCUT2D eigenvalue weighted by molar-refractivity contribution is 7.53. The van der Waals surface area contributed by atoms with E-state index in [0.29, 0.717) is 0 Å². The molecule has 0 saturated heterocycles. The average Bonchev–Trinajstić information content (AvgIpc) is 2.43. The summed E-state index contributed by atoms with van der Waals surface area (Å²) in [6.07, 6.45) is 0. The highest BCUT2D eigenvalue weighted by Crippen LogP contribution is 2.48. The molecule has 0 radical (unpaired) electrons. The first kappa shape index (κ1) is 19.0. The molecule has 0 amide bonds. The van der Waals surface area contributed by atoms with Gasteiger partial charge in [-0.2, -0.15) is 0 Å². The van der Waals surface area contributed by atoms with Gasteiger partial charge in [0.15, 0.2) is 0 Å². The van der Waals surface area contributed by atoms with Crippen LogP contribution >= 0.6 is 7.60 Å². The number of carbonyl (C=O) groups is 1. The number of carbonyl (C=O) groups excluding carboxylic acids is 1. The van der Waals surface area contributed by atoms with Crippen LogP contribution in [0.5, 0.6) is 5.75 Å². The lowest BCUT2D eigenvalue weighted by Crippen LogP contribution is -2.51. The van der Waals surface area contributed by atoms with Crippen LogP contribution in [0.15, 0.2) is 18.2 Å². The van der Waals surface area contributed by atoms with Gasteiger partial charge in [-0.05, 0) is 19.1 Å². The molecule has 0 aliphatic rings. The van der Waals surface area contributed by atoms with Crippen LogP contribution in [0.25, 0.3) is 0 Å². The zero-order valence-corrected chi connectivity index (χ0v) is 13.0. The fraction of sp³-hybridized carbons (Fsp3) is 0.364. The molecule has 1 rings (SSSR count). The van der Waals surface area contributed by atoms with Gasteiger partial charge in [0, 0.05) is 11.6 Å². The summed E-state index contributed by atoms with van der Waals surface area (Å²) >= 11 is 0. The van der Waals surface area contributed by atoms with Crippen molar-refractivity contribution >= 4 is 19.3 Å². The number of ether oxygens (including phenoxy) is 2. The molecule has 12 heteroatoms. The van der Waals surface area contributed by atoms with Gasteiger partial charge in [-0.15, -0.1) is 0 Å². The lowest BCUT2D eigenvalue weighted by atomic mass is 10.2. The number of rotatable bonds is 7. The minimum atomic E-state index is -5.29. The molecule has 4 N–H and O–H groups in total. The van der Waals surface area contributed by atoms with Crippen molar-refractivity contribution in [3.63, 3.8) is 0 Å². The molecule has 1 unspecified atom stereocenters. The molecule has 0 aliphatic carbocycles. The van der Waals surface area contributed by atoms with Crippen molar-refractivity contribution in [1.29, 1.82) is 0 Å². The first-order valence-corrected chi connectivity index (χ1v) is 7.65. The number of aliphatic hydroxyl groups is 1. The van der Waals surface area contributed by atoms with E-state index in [1.165, 1.54) is 6.92 Å². The van der Waals surface area contributed by atoms with Crippen molar-refractivity contribution in [2.45, 2.75) is 12.6 Å². The summed E-state index contributed by atoms with van der Waals surface area (Å²) in [6, 6.07) is 3.20. The lowest BCUT2D eigenvalue weighted by molar-refractivity contribution is -0.385. The molecule has 23 heavy (non-hydrogen) atoms. The maximum atomic E-state index is 11.4. The molecule has 1 atom stereocenters. The summed E-state index contributed by atoms with van der Waals surface area (Å²) in [5.41, 5.74) is -3.29. The third kappa shape index (κ3) is 4.71. The van der Waals surface area contributed by atoms with Crippen LogP contribution in [0.1, 0.15) is 5.56 Å². The van der Waals surface area contributed by atoms with Gasteiger partial charge in [0.25, 0.3) is 5.69 Å². The highest BCUT2D eigenvalue weighted by Gasteiger charge is 2.49. The van der Waals surface area contributed by atoms with E-state index >= 15 is 0 Å². The lowest BCUT2D eigenvalue weighted by Gasteiger charge is -2.29. The van der Waals surface area contributed by atoms with Gasteiger partial charge in [0.2, 0.25) is 0 Å². The number of benzene rings is 1. The molecule has 0 aromatic heterocycles. The number of esters is 1. The normalized spacial score (nSPS) is 14.0. The van der Waals surface area contributed by atoms with E-state index in [4.69, 9.17) is 4.74 Å². The third-order valence-corrected chi connectivity index (χ3v) is 3.75. The Kier molecular flexibility index (Phi) is 5.81. The molecule has 0 spiro atoms. The second-order valence-corrected chi connectivity index (χ2v) is 6.08. The third-order valence-electron chi connectivity index (χ3n) is 2.71. The maximum Gasteiger partial charge on any atom is 0.414 e. The fourth-order valence-corrected chi connectivity index (χ4v) is 2.03. The largest absolute Gasteiger partial charge is 0.468 e. The smallest absolute Gasteiger partial charge is 0.414 e. The summed E-state index contributed by atoms with van der Waals surface area (Å²) < 4.78 is 20.5. The van der Waals surface area contributed by atoms with E-state index in [0.717, 1.165) is 25.3 Å². The number of nitro benzene ring substituents is 1. The Bertz CT molecular complexity index is 659. The molecule has 11 nitrogen and oxygen atoms in total. The van der Waals surface area contributed by atoms with Crippen molar-refractivity contribution in [2.75, 3.05) is 13.7 Å². The van der Waals surface area contributed by atoms with Gasteiger partial charge in [0.1, 0.15) is 12.3 Å². The molecular formula is C11H15N2O9P.